The zero-order valence-electron chi connectivity index (χ0n) is 19.0. The first-order valence-corrected chi connectivity index (χ1v) is 11.9. The van der Waals surface area contributed by atoms with Crippen LogP contribution in [0.5, 0.6) is 5.75 Å². The van der Waals surface area contributed by atoms with Crippen LogP contribution in [0, 0.1) is 25.5 Å². The van der Waals surface area contributed by atoms with Crippen molar-refractivity contribution in [2.45, 2.75) is 31.8 Å². The molecule has 0 aliphatic heterocycles. The van der Waals surface area contributed by atoms with E-state index < -0.39 is 27.6 Å². The number of sulfonamides is 1. The summed E-state index contributed by atoms with van der Waals surface area (Å²) in [6.07, 6.45) is 0.409. The van der Waals surface area contributed by atoms with Crippen molar-refractivity contribution in [2.75, 3.05) is 13.7 Å². The van der Waals surface area contributed by atoms with Crippen LogP contribution in [-0.2, 0) is 27.8 Å². The predicted octanol–water partition coefficient (Wildman–Crippen LogP) is 4.47. The van der Waals surface area contributed by atoms with Crippen LogP contribution in [0.1, 0.15) is 32.6 Å². The quantitative estimate of drug-likeness (QED) is 0.449. The Hall–Kier alpha value is -3.30. The molecule has 34 heavy (non-hydrogen) atoms. The maximum absolute atomic E-state index is 13.7. The molecule has 1 N–H and O–H groups in total. The number of carbonyl (C=O) groups is 1. The number of rotatable bonds is 9. The maximum atomic E-state index is 13.7. The van der Waals surface area contributed by atoms with Crippen LogP contribution in [0.3, 0.4) is 0 Å². The van der Waals surface area contributed by atoms with Crippen LogP contribution in [0.25, 0.3) is 0 Å². The van der Waals surface area contributed by atoms with E-state index >= 15 is 0 Å². The summed E-state index contributed by atoms with van der Waals surface area (Å²) >= 11 is 0. The molecule has 3 rings (SSSR count). The first-order chi connectivity index (χ1) is 16.1. The average Bonchev–Trinajstić information content (AvgIpc) is 2.82. The average molecular weight is 490 g/mol. The zero-order valence-corrected chi connectivity index (χ0v) is 19.8. The fourth-order valence-corrected chi connectivity index (χ4v) is 4.43. The van der Waals surface area contributed by atoms with Crippen LogP contribution in [0.4, 0.5) is 8.78 Å². The largest absolute Gasteiger partial charge is 0.489 e. The van der Waals surface area contributed by atoms with Gasteiger partial charge in [-0.2, -0.15) is 0 Å². The first-order valence-electron chi connectivity index (χ1n) is 10.5. The molecule has 9 heteroatoms. The molecule has 6 nitrogen and oxygen atoms in total. The molecule has 0 fully saturated rings. The second-order valence-corrected chi connectivity index (χ2v) is 9.46. The second-order valence-electron chi connectivity index (χ2n) is 7.70. The summed E-state index contributed by atoms with van der Waals surface area (Å²) in [5.74, 6) is -1.99. The molecule has 0 bridgehead atoms. The van der Waals surface area contributed by atoms with Crippen molar-refractivity contribution >= 4 is 16.0 Å². The number of esters is 1. The monoisotopic (exact) mass is 489 g/mol. The molecule has 0 atom stereocenters. The van der Waals surface area contributed by atoms with E-state index in [2.05, 4.69) is 4.72 Å². The molecular weight excluding hydrogens is 464 g/mol. The van der Waals surface area contributed by atoms with Crippen molar-refractivity contribution in [1.82, 2.24) is 4.72 Å². The molecule has 0 aliphatic carbocycles. The molecule has 0 spiro atoms. The molecule has 0 saturated carbocycles. The number of nitrogens with one attached hydrogen (secondary N) is 1. The smallest absolute Gasteiger partial charge is 0.338 e. The normalized spacial score (nSPS) is 11.3. The fourth-order valence-electron chi connectivity index (χ4n) is 3.29. The second kappa shape index (κ2) is 10.8. The molecule has 3 aromatic carbocycles. The molecule has 0 aromatic heterocycles. The summed E-state index contributed by atoms with van der Waals surface area (Å²) in [7, 11) is -2.59. The summed E-state index contributed by atoms with van der Waals surface area (Å²) in [4.78, 5) is 12.0. The Bertz CT molecular complexity index is 1290. The van der Waals surface area contributed by atoms with Gasteiger partial charge in [0.2, 0.25) is 10.0 Å². The number of ether oxygens (including phenoxy) is 2. The SMILES string of the molecule is COC(=O)c1cc(S(=O)(=O)NCCc2ccc(OCc3cccc(F)c3F)cc2)cc(C)c1C. The molecule has 3 aromatic rings. The number of halogens is 2. The van der Waals surface area contributed by atoms with E-state index in [0.29, 0.717) is 23.3 Å². The van der Waals surface area contributed by atoms with E-state index in [1.165, 1.54) is 31.4 Å². The van der Waals surface area contributed by atoms with Gasteiger partial charge in [0.1, 0.15) is 12.4 Å². The Kier molecular flexibility index (Phi) is 8.01. The number of carbonyl (C=O) groups excluding carboxylic acids is 1. The summed E-state index contributed by atoms with van der Waals surface area (Å²) in [5.41, 5.74) is 2.49. The van der Waals surface area contributed by atoms with Crippen molar-refractivity contribution in [2.24, 2.45) is 0 Å². The van der Waals surface area contributed by atoms with Gasteiger partial charge in [0, 0.05) is 12.1 Å². The van der Waals surface area contributed by atoms with Gasteiger partial charge in [0.15, 0.2) is 11.6 Å². The molecule has 0 radical (unpaired) electrons. The first kappa shape index (κ1) is 25.3. The van der Waals surface area contributed by atoms with Gasteiger partial charge in [0.05, 0.1) is 17.6 Å². The third-order valence-corrected chi connectivity index (χ3v) is 6.85. The lowest BCUT2D eigenvalue weighted by Gasteiger charge is -2.12. The van der Waals surface area contributed by atoms with Crippen LogP contribution >= 0.6 is 0 Å². The highest BCUT2D eigenvalue weighted by Gasteiger charge is 2.20. The molecule has 180 valence electrons. The third-order valence-electron chi connectivity index (χ3n) is 5.41. The molecular formula is C25H25F2NO5S. The molecule has 0 unspecified atom stereocenters. The van der Waals surface area contributed by atoms with E-state index in [9.17, 15) is 22.0 Å². The minimum atomic E-state index is -3.84. The van der Waals surface area contributed by atoms with Gasteiger partial charge >= 0.3 is 5.97 Å². The van der Waals surface area contributed by atoms with Crippen molar-refractivity contribution in [3.8, 4) is 5.75 Å². The van der Waals surface area contributed by atoms with E-state index in [-0.39, 0.29) is 29.2 Å². The minimum Gasteiger partial charge on any atom is -0.489 e. The lowest BCUT2D eigenvalue weighted by molar-refractivity contribution is 0.0599. The number of aryl methyl sites for hydroxylation is 1. The van der Waals surface area contributed by atoms with Gasteiger partial charge in [-0.05, 0) is 67.3 Å². The Labute approximate surface area is 197 Å². The highest BCUT2D eigenvalue weighted by atomic mass is 32.2. The Morgan fingerprint density at radius 2 is 1.74 bits per heavy atom. The van der Waals surface area contributed by atoms with Crippen LogP contribution < -0.4 is 9.46 Å². The van der Waals surface area contributed by atoms with Crippen LogP contribution in [0.15, 0.2) is 59.5 Å². The summed E-state index contributed by atoms with van der Waals surface area (Å²) in [6.45, 7) is 3.48. The lowest BCUT2D eigenvalue weighted by Crippen LogP contribution is -2.26. The Morgan fingerprint density at radius 3 is 2.41 bits per heavy atom. The maximum Gasteiger partial charge on any atom is 0.338 e. The number of methoxy groups -OCH3 is 1. The van der Waals surface area contributed by atoms with Gasteiger partial charge in [-0.15, -0.1) is 0 Å². The van der Waals surface area contributed by atoms with E-state index in [4.69, 9.17) is 9.47 Å². The summed E-state index contributed by atoms with van der Waals surface area (Å²) in [5, 5.41) is 0. The zero-order chi connectivity index (χ0) is 24.9. The number of hydrogen-bond donors (Lipinski definition) is 1. The van der Waals surface area contributed by atoms with Gasteiger partial charge in [-0.25, -0.2) is 26.7 Å². The van der Waals surface area contributed by atoms with Crippen LogP contribution in [-0.4, -0.2) is 28.0 Å². The summed E-state index contributed by atoms with van der Waals surface area (Å²) in [6, 6.07) is 13.6. The molecule has 0 amide bonds. The third kappa shape index (κ3) is 5.98. The molecule has 0 aliphatic rings. The lowest BCUT2D eigenvalue weighted by atomic mass is 10.0. The van der Waals surface area contributed by atoms with Gasteiger partial charge in [0.25, 0.3) is 0 Å². The van der Waals surface area contributed by atoms with E-state index in [1.54, 1.807) is 38.1 Å². The molecule has 0 saturated heterocycles. The number of benzene rings is 3. The van der Waals surface area contributed by atoms with E-state index in [1.807, 2.05) is 0 Å². The van der Waals surface area contributed by atoms with Crippen molar-refractivity contribution in [3.63, 3.8) is 0 Å². The standard InChI is InChI=1S/C25H25F2NO5S/c1-16-13-21(14-22(17(16)2)25(29)32-3)34(30,31)28-12-11-18-7-9-20(10-8-18)33-15-19-5-4-6-23(26)24(19)27/h4-10,13-14,28H,11-12,15H2,1-3H3. The fraction of sp³-hybridized carbons (Fsp3) is 0.240. The Morgan fingerprint density at radius 1 is 1.03 bits per heavy atom. The highest BCUT2D eigenvalue weighted by molar-refractivity contribution is 7.89. The van der Waals surface area contributed by atoms with Crippen molar-refractivity contribution in [3.05, 3.63) is 94.0 Å². The predicted molar refractivity (Wildman–Crippen MR) is 123 cm³/mol. The highest BCUT2D eigenvalue weighted by Crippen LogP contribution is 2.21. The molecule has 0 heterocycles. The van der Waals surface area contributed by atoms with Gasteiger partial charge < -0.3 is 9.47 Å². The van der Waals surface area contributed by atoms with Crippen molar-refractivity contribution in [1.29, 1.82) is 0 Å². The van der Waals surface area contributed by atoms with Gasteiger partial charge in [-0.1, -0.05) is 24.3 Å². The van der Waals surface area contributed by atoms with Gasteiger partial charge in [-0.3, -0.25) is 0 Å². The Balaban J connectivity index is 1.59. The minimum absolute atomic E-state index is 0.00988. The van der Waals surface area contributed by atoms with Crippen molar-refractivity contribution < 1.29 is 31.5 Å². The van der Waals surface area contributed by atoms with E-state index in [0.717, 1.165) is 11.6 Å². The number of hydrogen-bond acceptors (Lipinski definition) is 5. The van der Waals surface area contributed by atoms with Crippen LogP contribution in [0.2, 0.25) is 0 Å². The summed E-state index contributed by atoms with van der Waals surface area (Å²) < 4.78 is 65.2. The topological polar surface area (TPSA) is 81.7 Å².